The zero-order valence-corrected chi connectivity index (χ0v) is 11.0. The standard InChI is InChI=1S/C15H19N3O/c1-12(10-16)17-15(19)14-8-5-9-18(14)11-13-6-3-2-4-7-13/h2-9,12H,10-11,16H2,1H3,(H,17,19)/t12-/m1/s1. The number of aromatic nitrogens is 1. The molecule has 3 N–H and O–H groups in total. The average Bonchev–Trinajstić information content (AvgIpc) is 2.88. The molecule has 100 valence electrons. The fourth-order valence-electron chi connectivity index (χ4n) is 1.89. The van der Waals surface area contributed by atoms with Crippen LogP contribution in [0.25, 0.3) is 0 Å². The molecule has 19 heavy (non-hydrogen) atoms. The van der Waals surface area contributed by atoms with Crippen LogP contribution < -0.4 is 11.1 Å². The van der Waals surface area contributed by atoms with Crippen molar-refractivity contribution < 1.29 is 4.79 Å². The second-order valence-electron chi connectivity index (χ2n) is 4.62. The molecule has 0 saturated carbocycles. The Morgan fingerprint density at radius 2 is 2.00 bits per heavy atom. The van der Waals surface area contributed by atoms with Gasteiger partial charge >= 0.3 is 0 Å². The lowest BCUT2D eigenvalue weighted by molar-refractivity contribution is 0.0932. The maximum Gasteiger partial charge on any atom is 0.268 e. The average molecular weight is 257 g/mol. The summed E-state index contributed by atoms with van der Waals surface area (Å²) in [7, 11) is 0. The zero-order valence-electron chi connectivity index (χ0n) is 11.0. The van der Waals surface area contributed by atoms with Gasteiger partial charge in [-0.3, -0.25) is 4.79 Å². The van der Waals surface area contributed by atoms with Crippen LogP contribution in [0.15, 0.2) is 48.7 Å². The molecule has 0 aliphatic heterocycles. The van der Waals surface area contributed by atoms with E-state index in [1.54, 1.807) is 0 Å². The van der Waals surface area contributed by atoms with Crippen LogP contribution in [0.1, 0.15) is 23.0 Å². The lowest BCUT2D eigenvalue weighted by Crippen LogP contribution is -2.38. The van der Waals surface area contributed by atoms with Crippen LogP contribution in [0.4, 0.5) is 0 Å². The monoisotopic (exact) mass is 257 g/mol. The first kappa shape index (κ1) is 13.4. The SMILES string of the molecule is C[C@H](CN)NC(=O)c1cccn1Cc1ccccc1. The minimum absolute atomic E-state index is 0.0208. The Labute approximate surface area is 113 Å². The van der Waals surface area contributed by atoms with E-state index in [9.17, 15) is 4.79 Å². The molecule has 0 saturated heterocycles. The summed E-state index contributed by atoms with van der Waals surface area (Å²) in [4.78, 5) is 12.1. The molecule has 0 fully saturated rings. The Hall–Kier alpha value is -2.07. The van der Waals surface area contributed by atoms with Crippen molar-refractivity contribution in [3.05, 3.63) is 59.9 Å². The number of benzene rings is 1. The summed E-state index contributed by atoms with van der Waals surface area (Å²) in [5.74, 6) is -0.0844. The van der Waals surface area contributed by atoms with E-state index < -0.39 is 0 Å². The number of amides is 1. The summed E-state index contributed by atoms with van der Waals surface area (Å²) < 4.78 is 1.94. The number of nitrogens with zero attached hydrogens (tertiary/aromatic N) is 1. The first-order valence-corrected chi connectivity index (χ1v) is 6.40. The summed E-state index contributed by atoms with van der Waals surface area (Å²) in [6.45, 7) is 3.01. The van der Waals surface area contributed by atoms with Crippen molar-refractivity contribution in [2.24, 2.45) is 5.73 Å². The van der Waals surface area contributed by atoms with Gasteiger partial charge in [-0.2, -0.15) is 0 Å². The molecule has 1 amide bonds. The second-order valence-corrected chi connectivity index (χ2v) is 4.62. The fraction of sp³-hybridized carbons (Fsp3) is 0.267. The molecule has 4 heteroatoms. The van der Waals surface area contributed by atoms with Crippen molar-refractivity contribution in [3.63, 3.8) is 0 Å². The Kier molecular flexibility index (Phi) is 4.36. The third kappa shape index (κ3) is 3.45. The molecular weight excluding hydrogens is 238 g/mol. The van der Waals surface area contributed by atoms with Crippen LogP contribution in [-0.2, 0) is 6.54 Å². The van der Waals surface area contributed by atoms with Gasteiger partial charge in [0.2, 0.25) is 0 Å². The van der Waals surface area contributed by atoms with Crippen LogP contribution in [0.3, 0.4) is 0 Å². The summed E-state index contributed by atoms with van der Waals surface area (Å²) in [6.07, 6.45) is 1.91. The van der Waals surface area contributed by atoms with E-state index in [1.165, 1.54) is 5.56 Å². The lowest BCUT2D eigenvalue weighted by Gasteiger charge is -2.13. The van der Waals surface area contributed by atoms with Crippen LogP contribution in [0.2, 0.25) is 0 Å². The molecule has 1 heterocycles. The quantitative estimate of drug-likeness (QED) is 0.855. The Morgan fingerprint density at radius 3 is 2.68 bits per heavy atom. The van der Waals surface area contributed by atoms with Crippen molar-refractivity contribution in [1.29, 1.82) is 0 Å². The Morgan fingerprint density at radius 1 is 1.26 bits per heavy atom. The van der Waals surface area contributed by atoms with Crippen LogP contribution in [0.5, 0.6) is 0 Å². The van der Waals surface area contributed by atoms with E-state index in [4.69, 9.17) is 5.73 Å². The van der Waals surface area contributed by atoms with Crippen molar-refractivity contribution in [1.82, 2.24) is 9.88 Å². The number of hydrogen-bond acceptors (Lipinski definition) is 2. The predicted octanol–water partition coefficient (Wildman–Crippen LogP) is 1.61. The largest absolute Gasteiger partial charge is 0.347 e. The van der Waals surface area contributed by atoms with Gasteiger partial charge in [0.1, 0.15) is 5.69 Å². The van der Waals surface area contributed by atoms with E-state index in [-0.39, 0.29) is 11.9 Å². The maximum atomic E-state index is 12.1. The Balaban J connectivity index is 2.11. The highest BCUT2D eigenvalue weighted by molar-refractivity contribution is 5.92. The van der Waals surface area contributed by atoms with Gasteiger partial charge < -0.3 is 15.6 Å². The van der Waals surface area contributed by atoms with Gasteiger partial charge in [-0.15, -0.1) is 0 Å². The first-order chi connectivity index (χ1) is 9.20. The van der Waals surface area contributed by atoms with Gasteiger partial charge in [-0.25, -0.2) is 0 Å². The third-order valence-corrected chi connectivity index (χ3v) is 2.99. The van der Waals surface area contributed by atoms with Crippen LogP contribution >= 0.6 is 0 Å². The number of nitrogens with one attached hydrogen (secondary N) is 1. The Bertz CT molecular complexity index is 533. The van der Waals surface area contributed by atoms with E-state index in [0.717, 1.165) is 0 Å². The van der Waals surface area contributed by atoms with Crippen LogP contribution in [-0.4, -0.2) is 23.1 Å². The topological polar surface area (TPSA) is 60.0 Å². The highest BCUT2D eigenvalue weighted by Gasteiger charge is 2.12. The molecule has 2 rings (SSSR count). The third-order valence-electron chi connectivity index (χ3n) is 2.99. The minimum Gasteiger partial charge on any atom is -0.347 e. The molecule has 0 aliphatic rings. The summed E-state index contributed by atoms with van der Waals surface area (Å²) in [5.41, 5.74) is 7.34. The van der Waals surface area contributed by atoms with Gasteiger partial charge in [0.25, 0.3) is 5.91 Å². The second kappa shape index (κ2) is 6.20. The van der Waals surface area contributed by atoms with Gasteiger partial charge in [0.05, 0.1) is 0 Å². The molecule has 1 aromatic carbocycles. The number of carbonyl (C=O) groups excluding carboxylic acids is 1. The molecular formula is C15H19N3O. The normalized spacial score (nSPS) is 12.1. The molecule has 0 bridgehead atoms. The van der Waals surface area contributed by atoms with Crippen molar-refractivity contribution in [2.45, 2.75) is 19.5 Å². The summed E-state index contributed by atoms with van der Waals surface area (Å²) in [6, 6.07) is 13.7. The zero-order chi connectivity index (χ0) is 13.7. The van der Waals surface area contributed by atoms with E-state index in [1.807, 2.05) is 60.2 Å². The van der Waals surface area contributed by atoms with Gasteiger partial charge in [0, 0.05) is 25.3 Å². The van der Waals surface area contributed by atoms with Crippen LogP contribution in [0, 0.1) is 0 Å². The molecule has 1 aromatic heterocycles. The number of nitrogens with two attached hydrogens (primary N) is 1. The van der Waals surface area contributed by atoms with E-state index in [0.29, 0.717) is 18.8 Å². The highest BCUT2D eigenvalue weighted by Crippen LogP contribution is 2.08. The molecule has 4 nitrogen and oxygen atoms in total. The molecule has 0 aliphatic carbocycles. The first-order valence-electron chi connectivity index (χ1n) is 6.40. The molecule has 0 spiro atoms. The highest BCUT2D eigenvalue weighted by atomic mass is 16.2. The minimum atomic E-state index is -0.0844. The maximum absolute atomic E-state index is 12.1. The predicted molar refractivity (Wildman–Crippen MR) is 76.0 cm³/mol. The van der Waals surface area contributed by atoms with Gasteiger partial charge in [-0.1, -0.05) is 30.3 Å². The molecule has 0 radical (unpaired) electrons. The van der Waals surface area contributed by atoms with Crippen molar-refractivity contribution in [3.8, 4) is 0 Å². The number of hydrogen-bond donors (Lipinski definition) is 2. The fourth-order valence-corrected chi connectivity index (χ4v) is 1.89. The molecule has 2 aromatic rings. The van der Waals surface area contributed by atoms with Crippen molar-refractivity contribution in [2.75, 3.05) is 6.54 Å². The lowest BCUT2D eigenvalue weighted by atomic mass is 10.2. The van der Waals surface area contributed by atoms with E-state index >= 15 is 0 Å². The van der Waals surface area contributed by atoms with Gasteiger partial charge in [-0.05, 0) is 24.6 Å². The number of rotatable bonds is 5. The molecule has 1 atom stereocenters. The smallest absolute Gasteiger partial charge is 0.268 e. The van der Waals surface area contributed by atoms with E-state index in [2.05, 4.69) is 5.32 Å². The number of carbonyl (C=O) groups is 1. The molecule has 0 unspecified atom stereocenters. The summed E-state index contributed by atoms with van der Waals surface area (Å²) >= 11 is 0. The van der Waals surface area contributed by atoms with Gasteiger partial charge in [0.15, 0.2) is 0 Å². The van der Waals surface area contributed by atoms with Crippen molar-refractivity contribution >= 4 is 5.91 Å². The summed E-state index contributed by atoms with van der Waals surface area (Å²) in [5, 5.41) is 2.87.